The molecule has 1 fully saturated rings. The number of rotatable bonds is 7. The summed E-state index contributed by atoms with van der Waals surface area (Å²) in [5, 5.41) is 5.73. The van der Waals surface area contributed by atoms with Gasteiger partial charge in [-0.05, 0) is 51.3 Å². The summed E-state index contributed by atoms with van der Waals surface area (Å²) in [4.78, 5) is 27.0. The van der Waals surface area contributed by atoms with Crippen molar-refractivity contribution in [2.75, 3.05) is 38.2 Å². The second kappa shape index (κ2) is 10.6. The van der Waals surface area contributed by atoms with E-state index in [9.17, 15) is 9.59 Å². The van der Waals surface area contributed by atoms with E-state index in [1.54, 1.807) is 45.0 Å². The highest BCUT2D eigenvalue weighted by molar-refractivity contribution is 5.96. The molecule has 0 radical (unpaired) electrons. The number of nitrogens with zero attached hydrogens (tertiary/aromatic N) is 1. The van der Waals surface area contributed by atoms with Crippen LogP contribution in [0.25, 0.3) is 0 Å². The van der Waals surface area contributed by atoms with Gasteiger partial charge in [-0.3, -0.25) is 15.0 Å². The normalized spacial score (nSPS) is 16.3. The molecule has 0 aromatic heterocycles. The van der Waals surface area contributed by atoms with Crippen molar-refractivity contribution in [3.63, 3.8) is 0 Å². The van der Waals surface area contributed by atoms with Gasteiger partial charge in [0.1, 0.15) is 5.60 Å². The predicted molar refractivity (Wildman–Crippen MR) is 114 cm³/mol. The maximum absolute atomic E-state index is 12.7. The average Bonchev–Trinajstić information content (AvgIpc) is 2.64. The Morgan fingerprint density at radius 3 is 2.52 bits per heavy atom. The highest BCUT2D eigenvalue weighted by atomic mass is 16.6. The van der Waals surface area contributed by atoms with E-state index in [4.69, 9.17) is 9.47 Å². The number of benzene rings is 1. The van der Waals surface area contributed by atoms with Crippen LogP contribution in [0.2, 0.25) is 0 Å². The minimum absolute atomic E-state index is 0.153. The molecule has 1 heterocycles. The van der Waals surface area contributed by atoms with Gasteiger partial charge in [0.2, 0.25) is 0 Å². The van der Waals surface area contributed by atoms with Gasteiger partial charge < -0.3 is 14.8 Å². The van der Waals surface area contributed by atoms with Crippen LogP contribution in [0.1, 0.15) is 51.4 Å². The van der Waals surface area contributed by atoms with Crippen LogP contribution in [0.15, 0.2) is 24.3 Å². The number of nitrogens with one attached hydrogen (secondary N) is 2. The van der Waals surface area contributed by atoms with E-state index < -0.39 is 11.7 Å². The zero-order valence-corrected chi connectivity index (χ0v) is 18.3. The van der Waals surface area contributed by atoms with Gasteiger partial charge in [-0.15, -0.1) is 0 Å². The molecular weight excluding hydrogens is 370 g/mol. The molecule has 2 amide bonds. The summed E-state index contributed by atoms with van der Waals surface area (Å²) in [6.07, 6.45) is 0.472. The lowest BCUT2D eigenvalue weighted by Crippen LogP contribution is -2.49. The Kier molecular flexibility index (Phi) is 8.46. The minimum atomic E-state index is -0.579. The van der Waals surface area contributed by atoms with E-state index >= 15 is 0 Å². The van der Waals surface area contributed by atoms with Gasteiger partial charge in [0.15, 0.2) is 0 Å². The van der Waals surface area contributed by atoms with Crippen LogP contribution in [-0.4, -0.2) is 61.4 Å². The highest BCUT2D eigenvalue weighted by Gasteiger charge is 2.23. The molecule has 0 spiro atoms. The van der Waals surface area contributed by atoms with Crippen molar-refractivity contribution in [3.05, 3.63) is 29.8 Å². The summed E-state index contributed by atoms with van der Waals surface area (Å²) < 4.78 is 10.7. The smallest absolute Gasteiger partial charge is 0.412 e. The van der Waals surface area contributed by atoms with Crippen molar-refractivity contribution in [1.29, 1.82) is 0 Å². The number of carbonyl (C=O) groups excluding carboxylic acids is 2. The monoisotopic (exact) mass is 405 g/mol. The van der Waals surface area contributed by atoms with Gasteiger partial charge >= 0.3 is 6.09 Å². The topological polar surface area (TPSA) is 79.9 Å². The highest BCUT2D eigenvalue weighted by Crippen LogP contribution is 2.15. The van der Waals surface area contributed by atoms with Crippen LogP contribution < -0.4 is 10.6 Å². The summed E-state index contributed by atoms with van der Waals surface area (Å²) in [7, 11) is 0. The number of carbonyl (C=O) groups is 2. The predicted octanol–water partition coefficient (Wildman–Crippen LogP) is 3.51. The minimum Gasteiger partial charge on any atom is -0.444 e. The van der Waals surface area contributed by atoms with E-state index in [0.717, 1.165) is 32.7 Å². The Labute approximate surface area is 174 Å². The molecule has 1 aliphatic rings. The number of morpholine rings is 1. The van der Waals surface area contributed by atoms with Crippen LogP contribution >= 0.6 is 0 Å². The standard InChI is InChI=1S/C22H35N3O4/c1-16(2)13-19(25-9-11-28-12-10-25)15-23-20(26)17-7-6-8-18(14-17)24-21(27)29-22(3,4)5/h6-8,14,16,19H,9-13,15H2,1-5H3,(H,23,26)(H,24,27)/t19-/m0/s1. The second-order valence-electron chi connectivity index (χ2n) is 8.85. The molecule has 7 nitrogen and oxygen atoms in total. The summed E-state index contributed by atoms with van der Waals surface area (Å²) >= 11 is 0. The van der Waals surface area contributed by atoms with Crippen molar-refractivity contribution in [1.82, 2.24) is 10.2 Å². The van der Waals surface area contributed by atoms with Gasteiger partial charge in [0, 0.05) is 36.9 Å². The second-order valence-corrected chi connectivity index (χ2v) is 8.85. The molecule has 1 aromatic carbocycles. The molecule has 0 bridgehead atoms. The molecule has 1 aromatic rings. The molecule has 162 valence electrons. The Morgan fingerprint density at radius 1 is 1.21 bits per heavy atom. The molecule has 1 atom stereocenters. The molecule has 29 heavy (non-hydrogen) atoms. The lowest BCUT2D eigenvalue weighted by molar-refractivity contribution is 0.0124. The quantitative estimate of drug-likeness (QED) is 0.726. The maximum Gasteiger partial charge on any atom is 0.412 e. The van der Waals surface area contributed by atoms with Crippen LogP contribution in [0.4, 0.5) is 10.5 Å². The van der Waals surface area contributed by atoms with E-state index in [0.29, 0.717) is 23.7 Å². The third kappa shape index (κ3) is 8.41. The van der Waals surface area contributed by atoms with Crippen LogP contribution in [0.5, 0.6) is 0 Å². The van der Waals surface area contributed by atoms with Crippen molar-refractivity contribution >= 4 is 17.7 Å². The largest absolute Gasteiger partial charge is 0.444 e. The molecule has 1 aliphatic heterocycles. The number of hydrogen-bond donors (Lipinski definition) is 2. The van der Waals surface area contributed by atoms with E-state index in [1.807, 2.05) is 0 Å². The van der Waals surface area contributed by atoms with Gasteiger partial charge in [-0.1, -0.05) is 19.9 Å². The third-order valence-corrected chi connectivity index (χ3v) is 4.57. The molecular formula is C22H35N3O4. The zero-order chi connectivity index (χ0) is 21.4. The lowest BCUT2D eigenvalue weighted by Gasteiger charge is -2.35. The lowest BCUT2D eigenvalue weighted by atomic mass is 10.0. The number of anilines is 1. The van der Waals surface area contributed by atoms with E-state index in [-0.39, 0.29) is 11.9 Å². The first kappa shape index (κ1) is 23.2. The first-order chi connectivity index (χ1) is 13.6. The summed E-state index contributed by atoms with van der Waals surface area (Å²) in [6.45, 7) is 13.6. The Bertz CT molecular complexity index is 679. The Balaban J connectivity index is 1.95. The maximum atomic E-state index is 12.7. The Morgan fingerprint density at radius 2 is 1.90 bits per heavy atom. The number of ether oxygens (including phenoxy) is 2. The summed E-state index contributed by atoms with van der Waals surface area (Å²) in [6, 6.07) is 7.16. The fraction of sp³-hybridized carbons (Fsp3) is 0.636. The number of amides is 2. The van der Waals surface area contributed by atoms with Crippen molar-refractivity contribution < 1.29 is 19.1 Å². The first-order valence-electron chi connectivity index (χ1n) is 10.3. The van der Waals surface area contributed by atoms with Crippen molar-refractivity contribution in [2.45, 2.75) is 52.7 Å². The summed E-state index contributed by atoms with van der Waals surface area (Å²) in [5.41, 5.74) is 0.451. The van der Waals surface area contributed by atoms with E-state index in [1.165, 1.54) is 0 Å². The molecule has 0 saturated carbocycles. The Hall–Kier alpha value is -2.12. The number of hydrogen-bond acceptors (Lipinski definition) is 5. The average molecular weight is 406 g/mol. The molecule has 2 N–H and O–H groups in total. The third-order valence-electron chi connectivity index (χ3n) is 4.57. The SMILES string of the molecule is CC(C)C[C@@H](CNC(=O)c1cccc(NC(=O)OC(C)(C)C)c1)N1CCOCC1. The van der Waals surface area contributed by atoms with E-state index in [2.05, 4.69) is 29.4 Å². The van der Waals surface area contributed by atoms with Crippen LogP contribution in [-0.2, 0) is 9.47 Å². The van der Waals surface area contributed by atoms with Gasteiger partial charge in [0.05, 0.1) is 13.2 Å². The molecule has 0 aliphatic carbocycles. The molecule has 7 heteroatoms. The zero-order valence-electron chi connectivity index (χ0n) is 18.3. The van der Waals surface area contributed by atoms with Crippen molar-refractivity contribution in [3.8, 4) is 0 Å². The fourth-order valence-corrected chi connectivity index (χ4v) is 3.32. The molecule has 2 rings (SSSR count). The van der Waals surface area contributed by atoms with Gasteiger partial charge in [-0.2, -0.15) is 0 Å². The van der Waals surface area contributed by atoms with Crippen molar-refractivity contribution in [2.24, 2.45) is 5.92 Å². The first-order valence-corrected chi connectivity index (χ1v) is 10.3. The van der Waals surface area contributed by atoms with Gasteiger partial charge in [-0.25, -0.2) is 4.79 Å². The van der Waals surface area contributed by atoms with Crippen LogP contribution in [0, 0.1) is 5.92 Å². The molecule has 0 unspecified atom stereocenters. The fourth-order valence-electron chi connectivity index (χ4n) is 3.32. The van der Waals surface area contributed by atoms with Gasteiger partial charge in [0.25, 0.3) is 5.91 Å². The van der Waals surface area contributed by atoms with Crippen LogP contribution in [0.3, 0.4) is 0 Å². The summed E-state index contributed by atoms with van der Waals surface area (Å²) in [5.74, 6) is 0.390. The molecule has 1 saturated heterocycles.